The second kappa shape index (κ2) is 5.50. The van der Waals surface area contributed by atoms with E-state index in [4.69, 9.17) is 0 Å². The van der Waals surface area contributed by atoms with Crippen molar-refractivity contribution >= 4 is 0 Å². The summed E-state index contributed by atoms with van der Waals surface area (Å²) in [5.74, 6) is 0. The standard InChI is InChI=1S/C14H30N2/c1-11(2)16(12(3)4)10-9-15-13(5)14(6)7-8-14/h11-13,15H,7-10H2,1-6H3. The Labute approximate surface area is 102 Å². The van der Waals surface area contributed by atoms with E-state index in [1.807, 2.05) is 0 Å². The zero-order chi connectivity index (χ0) is 12.3. The third kappa shape index (κ3) is 3.74. The van der Waals surface area contributed by atoms with Crippen molar-refractivity contribution in [3.05, 3.63) is 0 Å². The van der Waals surface area contributed by atoms with Crippen LogP contribution >= 0.6 is 0 Å². The summed E-state index contributed by atoms with van der Waals surface area (Å²) >= 11 is 0. The van der Waals surface area contributed by atoms with Crippen LogP contribution in [0.5, 0.6) is 0 Å². The summed E-state index contributed by atoms with van der Waals surface area (Å²) in [7, 11) is 0. The number of nitrogens with one attached hydrogen (secondary N) is 1. The van der Waals surface area contributed by atoms with Gasteiger partial charge in [0, 0.05) is 31.2 Å². The lowest BCUT2D eigenvalue weighted by atomic mass is 10.0. The van der Waals surface area contributed by atoms with Crippen LogP contribution in [0.25, 0.3) is 0 Å². The lowest BCUT2D eigenvalue weighted by Crippen LogP contribution is -2.44. The highest BCUT2D eigenvalue weighted by Crippen LogP contribution is 2.47. The SMILES string of the molecule is CC(C)N(CCNC(C)C1(C)CC1)C(C)C. The fourth-order valence-corrected chi connectivity index (χ4v) is 2.40. The third-order valence-corrected chi connectivity index (χ3v) is 4.23. The number of hydrogen-bond donors (Lipinski definition) is 1. The van der Waals surface area contributed by atoms with Crippen molar-refractivity contribution in [3.8, 4) is 0 Å². The second-order valence-corrected chi connectivity index (χ2v) is 6.26. The number of nitrogens with zero attached hydrogens (tertiary/aromatic N) is 1. The van der Waals surface area contributed by atoms with Crippen LogP contribution < -0.4 is 5.32 Å². The van der Waals surface area contributed by atoms with Gasteiger partial charge in [-0.25, -0.2) is 0 Å². The number of rotatable bonds is 7. The summed E-state index contributed by atoms with van der Waals surface area (Å²) in [5, 5.41) is 3.68. The molecule has 0 aromatic rings. The predicted molar refractivity (Wildman–Crippen MR) is 71.8 cm³/mol. The molecule has 96 valence electrons. The van der Waals surface area contributed by atoms with E-state index in [9.17, 15) is 0 Å². The molecule has 2 nitrogen and oxygen atoms in total. The van der Waals surface area contributed by atoms with Gasteiger partial charge in [0.1, 0.15) is 0 Å². The Morgan fingerprint density at radius 1 is 1.06 bits per heavy atom. The first-order valence-corrected chi connectivity index (χ1v) is 6.86. The highest BCUT2D eigenvalue weighted by atomic mass is 15.2. The van der Waals surface area contributed by atoms with Crippen LogP contribution in [-0.4, -0.2) is 36.1 Å². The molecule has 0 aromatic carbocycles. The molecule has 1 N–H and O–H groups in total. The van der Waals surface area contributed by atoms with Crippen LogP contribution in [0.1, 0.15) is 54.4 Å². The summed E-state index contributed by atoms with van der Waals surface area (Å²) in [5.41, 5.74) is 0.598. The van der Waals surface area contributed by atoms with Crippen molar-refractivity contribution in [3.63, 3.8) is 0 Å². The molecule has 1 fully saturated rings. The van der Waals surface area contributed by atoms with Gasteiger partial charge in [0.2, 0.25) is 0 Å². The molecule has 0 radical (unpaired) electrons. The molecule has 1 aliphatic carbocycles. The first-order chi connectivity index (χ1) is 7.37. The minimum absolute atomic E-state index is 0.598. The van der Waals surface area contributed by atoms with Gasteiger partial charge in [-0.15, -0.1) is 0 Å². The molecule has 2 heteroatoms. The van der Waals surface area contributed by atoms with E-state index in [-0.39, 0.29) is 0 Å². The third-order valence-electron chi connectivity index (χ3n) is 4.23. The fraction of sp³-hybridized carbons (Fsp3) is 1.00. The average Bonchev–Trinajstić information content (AvgIpc) is 2.90. The van der Waals surface area contributed by atoms with Crippen molar-refractivity contribution < 1.29 is 0 Å². The molecule has 1 unspecified atom stereocenters. The minimum Gasteiger partial charge on any atom is -0.312 e. The molecule has 0 heterocycles. The quantitative estimate of drug-likeness (QED) is 0.718. The topological polar surface area (TPSA) is 15.3 Å². The predicted octanol–water partition coefficient (Wildman–Crippen LogP) is 2.88. The zero-order valence-electron chi connectivity index (χ0n) is 12.0. The Kier molecular flexibility index (Phi) is 4.81. The maximum absolute atomic E-state index is 3.68. The van der Waals surface area contributed by atoms with Gasteiger partial charge >= 0.3 is 0 Å². The van der Waals surface area contributed by atoms with Gasteiger partial charge in [-0.1, -0.05) is 6.92 Å². The first-order valence-electron chi connectivity index (χ1n) is 6.86. The molecule has 1 aliphatic rings. The van der Waals surface area contributed by atoms with Crippen LogP contribution in [0.2, 0.25) is 0 Å². The van der Waals surface area contributed by atoms with Crippen molar-refractivity contribution in [1.82, 2.24) is 10.2 Å². The van der Waals surface area contributed by atoms with E-state index in [1.165, 1.54) is 12.8 Å². The fourth-order valence-electron chi connectivity index (χ4n) is 2.40. The van der Waals surface area contributed by atoms with E-state index in [0.29, 0.717) is 23.5 Å². The molecule has 16 heavy (non-hydrogen) atoms. The molecule has 0 bridgehead atoms. The molecule has 0 spiro atoms. The lowest BCUT2D eigenvalue weighted by molar-refractivity contribution is 0.171. The van der Waals surface area contributed by atoms with Crippen molar-refractivity contribution in [2.75, 3.05) is 13.1 Å². The second-order valence-electron chi connectivity index (χ2n) is 6.26. The highest BCUT2D eigenvalue weighted by Gasteiger charge is 2.42. The van der Waals surface area contributed by atoms with Crippen molar-refractivity contribution in [2.45, 2.75) is 72.5 Å². The van der Waals surface area contributed by atoms with Crippen molar-refractivity contribution in [2.24, 2.45) is 5.41 Å². The Hall–Kier alpha value is -0.0800. The van der Waals surface area contributed by atoms with E-state index in [1.54, 1.807) is 0 Å². The Bertz CT molecular complexity index is 199. The van der Waals surface area contributed by atoms with Gasteiger partial charge in [-0.05, 0) is 52.9 Å². The first kappa shape index (κ1) is 14.0. The van der Waals surface area contributed by atoms with E-state index in [0.717, 1.165) is 13.1 Å². The summed E-state index contributed by atoms with van der Waals surface area (Å²) in [6, 6.07) is 1.97. The van der Waals surface area contributed by atoms with E-state index < -0.39 is 0 Å². The Morgan fingerprint density at radius 2 is 1.56 bits per heavy atom. The molecule has 0 aromatic heterocycles. The smallest absolute Gasteiger partial charge is 0.0112 e. The molecule has 0 saturated heterocycles. The van der Waals surface area contributed by atoms with E-state index in [2.05, 4.69) is 51.8 Å². The number of hydrogen-bond acceptors (Lipinski definition) is 2. The Balaban J connectivity index is 2.22. The molecule has 1 atom stereocenters. The lowest BCUT2D eigenvalue weighted by Gasteiger charge is -2.31. The van der Waals surface area contributed by atoms with Gasteiger partial charge in [0.05, 0.1) is 0 Å². The Morgan fingerprint density at radius 3 is 1.94 bits per heavy atom. The normalized spacial score (nSPS) is 20.8. The van der Waals surface area contributed by atoms with Crippen LogP contribution in [0.15, 0.2) is 0 Å². The van der Waals surface area contributed by atoms with Gasteiger partial charge in [-0.2, -0.15) is 0 Å². The van der Waals surface area contributed by atoms with Gasteiger partial charge in [-0.3, -0.25) is 4.90 Å². The van der Waals surface area contributed by atoms with Crippen LogP contribution in [0.3, 0.4) is 0 Å². The molecular weight excluding hydrogens is 196 g/mol. The monoisotopic (exact) mass is 226 g/mol. The van der Waals surface area contributed by atoms with Crippen LogP contribution in [0, 0.1) is 5.41 Å². The summed E-state index contributed by atoms with van der Waals surface area (Å²) in [6.45, 7) is 16.1. The van der Waals surface area contributed by atoms with Gasteiger partial charge in [0.15, 0.2) is 0 Å². The largest absolute Gasteiger partial charge is 0.312 e. The summed E-state index contributed by atoms with van der Waals surface area (Å²) < 4.78 is 0. The van der Waals surface area contributed by atoms with Crippen molar-refractivity contribution in [1.29, 1.82) is 0 Å². The maximum atomic E-state index is 3.68. The average molecular weight is 226 g/mol. The van der Waals surface area contributed by atoms with E-state index >= 15 is 0 Å². The zero-order valence-corrected chi connectivity index (χ0v) is 12.0. The molecule has 1 saturated carbocycles. The molecule has 1 rings (SSSR count). The molecule has 0 amide bonds. The van der Waals surface area contributed by atoms with Crippen LogP contribution in [-0.2, 0) is 0 Å². The highest BCUT2D eigenvalue weighted by molar-refractivity contribution is 4.96. The summed E-state index contributed by atoms with van der Waals surface area (Å²) in [4.78, 5) is 2.55. The van der Waals surface area contributed by atoms with Crippen LogP contribution in [0.4, 0.5) is 0 Å². The molecule has 0 aliphatic heterocycles. The maximum Gasteiger partial charge on any atom is 0.0112 e. The minimum atomic E-state index is 0.598. The van der Waals surface area contributed by atoms with Gasteiger partial charge < -0.3 is 5.32 Å². The summed E-state index contributed by atoms with van der Waals surface area (Å²) in [6.07, 6.45) is 2.80. The van der Waals surface area contributed by atoms with Gasteiger partial charge in [0.25, 0.3) is 0 Å². The molecular formula is C14H30N2.